The monoisotopic (exact) mass is 295 g/mol. The fourth-order valence-corrected chi connectivity index (χ4v) is 2.72. The summed E-state index contributed by atoms with van der Waals surface area (Å²) in [5.41, 5.74) is 2.06. The van der Waals surface area contributed by atoms with Gasteiger partial charge in [-0.1, -0.05) is 36.4 Å². The molecule has 4 nitrogen and oxygen atoms in total. The van der Waals surface area contributed by atoms with Crippen LogP contribution < -0.4 is 0 Å². The van der Waals surface area contributed by atoms with E-state index in [1.54, 1.807) is 24.3 Å². The number of rotatable bonds is 3. The number of hydrogen-bond acceptors (Lipinski definition) is 3. The third-order valence-electron chi connectivity index (χ3n) is 4.00. The molecule has 0 N–H and O–H groups in total. The maximum Gasteiger partial charge on any atom is 0.337 e. The standard InChI is InChI=1S/C18H17NO3/c1-22-18(21)15-9-5-8-14(12-15)17(20)19-11-10-16(19)13-6-3-2-4-7-13/h2-9,12,16H,10-11H2,1H3. The second-order valence-corrected chi connectivity index (χ2v) is 5.29. The number of likely N-dealkylation sites (tertiary alicyclic amines) is 1. The summed E-state index contributed by atoms with van der Waals surface area (Å²) >= 11 is 0. The maximum atomic E-state index is 12.6. The molecule has 0 saturated carbocycles. The van der Waals surface area contributed by atoms with E-state index in [1.165, 1.54) is 7.11 Å². The highest BCUT2D eigenvalue weighted by Crippen LogP contribution is 2.34. The lowest BCUT2D eigenvalue weighted by molar-refractivity contribution is 0.0460. The Bertz CT molecular complexity index is 696. The van der Waals surface area contributed by atoms with Crippen LogP contribution in [-0.4, -0.2) is 30.4 Å². The van der Waals surface area contributed by atoms with Crippen molar-refractivity contribution in [2.24, 2.45) is 0 Å². The highest BCUT2D eigenvalue weighted by molar-refractivity contribution is 5.98. The highest BCUT2D eigenvalue weighted by atomic mass is 16.5. The number of carbonyl (C=O) groups is 2. The van der Waals surface area contributed by atoms with Crippen LogP contribution in [0.3, 0.4) is 0 Å². The van der Waals surface area contributed by atoms with E-state index in [1.807, 2.05) is 35.2 Å². The van der Waals surface area contributed by atoms with Gasteiger partial charge in [0.15, 0.2) is 0 Å². The zero-order valence-electron chi connectivity index (χ0n) is 12.4. The number of nitrogens with zero attached hydrogens (tertiary/aromatic N) is 1. The maximum absolute atomic E-state index is 12.6. The molecule has 0 radical (unpaired) electrons. The minimum atomic E-state index is -0.433. The molecular formula is C18H17NO3. The van der Waals surface area contributed by atoms with Crippen molar-refractivity contribution in [3.8, 4) is 0 Å². The first-order chi connectivity index (χ1) is 10.7. The van der Waals surface area contributed by atoms with Gasteiger partial charge in [-0.05, 0) is 30.2 Å². The number of hydrogen-bond donors (Lipinski definition) is 0. The van der Waals surface area contributed by atoms with Gasteiger partial charge in [-0.2, -0.15) is 0 Å². The fourth-order valence-electron chi connectivity index (χ4n) is 2.72. The Labute approximate surface area is 129 Å². The number of methoxy groups -OCH3 is 1. The summed E-state index contributed by atoms with van der Waals surface area (Å²) in [4.78, 5) is 26.1. The lowest BCUT2D eigenvalue weighted by atomic mass is 9.93. The first kappa shape index (κ1) is 14.3. The summed E-state index contributed by atoms with van der Waals surface area (Å²) in [5, 5.41) is 0. The molecule has 1 aliphatic rings. The fraction of sp³-hybridized carbons (Fsp3) is 0.222. The second-order valence-electron chi connectivity index (χ2n) is 5.29. The average molecular weight is 295 g/mol. The zero-order valence-corrected chi connectivity index (χ0v) is 12.4. The SMILES string of the molecule is COC(=O)c1cccc(C(=O)N2CCC2c2ccccc2)c1. The summed E-state index contributed by atoms with van der Waals surface area (Å²) in [6, 6.07) is 16.8. The molecule has 1 aliphatic heterocycles. The molecule has 1 amide bonds. The van der Waals surface area contributed by atoms with Gasteiger partial charge in [0.2, 0.25) is 0 Å². The predicted octanol–water partition coefficient (Wildman–Crippen LogP) is 3.06. The Morgan fingerprint density at radius 1 is 1.05 bits per heavy atom. The molecule has 3 rings (SSSR count). The summed E-state index contributed by atoms with van der Waals surface area (Å²) in [5.74, 6) is -0.483. The molecule has 2 aromatic rings. The van der Waals surface area contributed by atoms with Crippen LogP contribution in [0, 0.1) is 0 Å². The normalized spacial score (nSPS) is 16.8. The van der Waals surface area contributed by atoms with Crippen LogP contribution >= 0.6 is 0 Å². The van der Waals surface area contributed by atoms with Crippen LogP contribution in [-0.2, 0) is 4.74 Å². The molecule has 1 heterocycles. The minimum absolute atomic E-state index is 0.0501. The van der Waals surface area contributed by atoms with Crippen LogP contribution in [0.4, 0.5) is 0 Å². The van der Waals surface area contributed by atoms with Crippen molar-refractivity contribution < 1.29 is 14.3 Å². The molecule has 2 aromatic carbocycles. The summed E-state index contributed by atoms with van der Waals surface area (Å²) in [6.07, 6.45) is 0.965. The second kappa shape index (κ2) is 6.02. The van der Waals surface area contributed by atoms with Crippen LogP contribution in [0.2, 0.25) is 0 Å². The largest absolute Gasteiger partial charge is 0.465 e. The highest BCUT2D eigenvalue weighted by Gasteiger charge is 2.33. The van der Waals surface area contributed by atoms with Gasteiger partial charge in [0.25, 0.3) is 5.91 Å². The lowest BCUT2D eigenvalue weighted by Crippen LogP contribution is -2.45. The first-order valence-corrected chi connectivity index (χ1v) is 7.25. The van der Waals surface area contributed by atoms with E-state index in [0.717, 1.165) is 18.5 Å². The quantitative estimate of drug-likeness (QED) is 0.818. The molecule has 0 aromatic heterocycles. The summed E-state index contributed by atoms with van der Waals surface area (Å²) in [7, 11) is 1.33. The van der Waals surface area contributed by atoms with Crippen molar-refractivity contribution in [3.63, 3.8) is 0 Å². The molecule has 1 fully saturated rings. The topological polar surface area (TPSA) is 46.6 Å². The van der Waals surface area contributed by atoms with Gasteiger partial charge < -0.3 is 9.64 Å². The van der Waals surface area contributed by atoms with E-state index in [-0.39, 0.29) is 11.9 Å². The molecular weight excluding hydrogens is 278 g/mol. The Balaban J connectivity index is 1.81. The van der Waals surface area contributed by atoms with E-state index in [0.29, 0.717) is 11.1 Å². The minimum Gasteiger partial charge on any atom is -0.465 e. The number of benzene rings is 2. The van der Waals surface area contributed by atoms with Gasteiger partial charge in [-0.15, -0.1) is 0 Å². The number of esters is 1. The van der Waals surface area contributed by atoms with E-state index >= 15 is 0 Å². The Morgan fingerprint density at radius 3 is 2.41 bits per heavy atom. The average Bonchev–Trinajstić information content (AvgIpc) is 2.54. The van der Waals surface area contributed by atoms with Crippen molar-refractivity contribution >= 4 is 11.9 Å². The van der Waals surface area contributed by atoms with Crippen LogP contribution in [0.5, 0.6) is 0 Å². The van der Waals surface area contributed by atoms with E-state index in [2.05, 4.69) is 0 Å². The Kier molecular flexibility index (Phi) is 3.92. The molecule has 0 aliphatic carbocycles. The molecule has 1 atom stereocenters. The molecule has 0 spiro atoms. The lowest BCUT2D eigenvalue weighted by Gasteiger charge is -2.41. The molecule has 1 unspecified atom stereocenters. The van der Waals surface area contributed by atoms with E-state index < -0.39 is 5.97 Å². The van der Waals surface area contributed by atoms with Gasteiger partial charge >= 0.3 is 5.97 Å². The van der Waals surface area contributed by atoms with Crippen molar-refractivity contribution in [1.82, 2.24) is 4.90 Å². The molecule has 1 saturated heterocycles. The number of ether oxygens (including phenoxy) is 1. The summed E-state index contributed by atoms with van der Waals surface area (Å²) in [6.45, 7) is 0.737. The van der Waals surface area contributed by atoms with Crippen molar-refractivity contribution in [1.29, 1.82) is 0 Å². The van der Waals surface area contributed by atoms with Crippen molar-refractivity contribution in [3.05, 3.63) is 71.3 Å². The first-order valence-electron chi connectivity index (χ1n) is 7.25. The Morgan fingerprint density at radius 2 is 1.77 bits per heavy atom. The van der Waals surface area contributed by atoms with Gasteiger partial charge in [-0.3, -0.25) is 4.79 Å². The van der Waals surface area contributed by atoms with Crippen LogP contribution in [0.25, 0.3) is 0 Å². The zero-order chi connectivity index (χ0) is 15.5. The van der Waals surface area contributed by atoms with Gasteiger partial charge in [0.1, 0.15) is 0 Å². The summed E-state index contributed by atoms with van der Waals surface area (Å²) < 4.78 is 4.70. The predicted molar refractivity (Wildman–Crippen MR) is 82.6 cm³/mol. The van der Waals surface area contributed by atoms with Crippen LogP contribution in [0.1, 0.15) is 38.7 Å². The van der Waals surface area contributed by atoms with Gasteiger partial charge in [0, 0.05) is 12.1 Å². The van der Waals surface area contributed by atoms with Crippen molar-refractivity contribution in [2.45, 2.75) is 12.5 Å². The number of amides is 1. The van der Waals surface area contributed by atoms with Gasteiger partial charge in [0.05, 0.1) is 18.7 Å². The molecule has 22 heavy (non-hydrogen) atoms. The molecule has 112 valence electrons. The number of carbonyl (C=O) groups excluding carboxylic acids is 2. The van der Waals surface area contributed by atoms with E-state index in [4.69, 9.17) is 4.74 Å². The molecule has 4 heteroatoms. The van der Waals surface area contributed by atoms with Crippen LogP contribution in [0.15, 0.2) is 54.6 Å². The van der Waals surface area contributed by atoms with Gasteiger partial charge in [-0.25, -0.2) is 4.79 Å². The Hall–Kier alpha value is -2.62. The third-order valence-corrected chi connectivity index (χ3v) is 4.00. The van der Waals surface area contributed by atoms with Crippen molar-refractivity contribution in [2.75, 3.05) is 13.7 Å². The molecule has 0 bridgehead atoms. The van der Waals surface area contributed by atoms with E-state index in [9.17, 15) is 9.59 Å². The smallest absolute Gasteiger partial charge is 0.337 e. The third kappa shape index (κ3) is 2.60.